The summed E-state index contributed by atoms with van der Waals surface area (Å²) in [5.74, 6) is 0.243. The van der Waals surface area contributed by atoms with Crippen LogP contribution in [0.2, 0.25) is 0 Å². The molecule has 0 saturated carbocycles. The molecule has 0 saturated heterocycles. The molecule has 4 heteroatoms. The predicted octanol–water partition coefficient (Wildman–Crippen LogP) is 2.97. The summed E-state index contributed by atoms with van der Waals surface area (Å²) in [6, 6.07) is 11.7. The molecule has 2 N–H and O–H groups in total. The van der Waals surface area contributed by atoms with Gasteiger partial charge in [-0.1, -0.05) is 30.4 Å². The summed E-state index contributed by atoms with van der Waals surface area (Å²) in [5, 5.41) is 18.2. The molecule has 3 aromatic rings. The van der Waals surface area contributed by atoms with Crippen LogP contribution in [0.15, 0.2) is 48.6 Å². The number of fused-ring (bicyclic) bond motifs is 1. The largest absolute Gasteiger partial charge is 0.505 e. The first-order chi connectivity index (χ1) is 10.0. The zero-order chi connectivity index (χ0) is 15.0. The molecule has 0 fully saturated rings. The van der Waals surface area contributed by atoms with Crippen LogP contribution in [0, 0.1) is 6.92 Å². The van der Waals surface area contributed by atoms with E-state index in [-0.39, 0.29) is 5.75 Å². The zero-order valence-electron chi connectivity index (χ0n) is 12.2. The highest BCUT2D eigenvalue weighted by atomic mass is 16.3. The molecule has 2 aromatic carbocycles. The van der Waals surface area contributed by atoms with E-state index in [4.69, 9.17) is 0 Å². The molecule has 0 unspecified atom stereocenters. The van der Waals surface area contributed by atoms with Crippen molar-refractivity contribution in [1.29, 1.82) is 0 Å². The third-order valence-electron chi connectivity index (χ3n) is 3.37. The highest BCUT2D eigenvalue weighted by Crippen LogP contribution is 2.28. The Bertz CT molecular complexity index is 800. The van der Waals surface area contributed by atoms with E-state index >= 15 is 0 Å². The maximum Gasteiger partial charge on any atom is 0.249 e. The minimum absolute atomic E-state index is 0.243. The second-order valence-electron chi connectivity index (χ2n) is 5.47. The molecule has 0 aliphatic heterocycles. The summed E-state index contributed by atoms with van der Waals surface area (Å²) in [6.45, 7) is 7.88. The molecule has 21 heavy (non-hydrogen) atoms. The van der Waals surface area contributed by atoms with Crippen molar-refractivity contribution in [2.45, 2.75) is 20.3 Å². The van der Waals surface area contributed by atoms with Gasteiger partial charge in [-0.15, -0.1) is 0 Å². The van der Waals surface area contributed by atoms with Gasteiger partial charge in [0.2, 0.25) is 5.52 Å². The lowest BCUT2D eigenvalue weighted by atomic mass is 10.0. The standard InChI is InChI=1S/C17H17N3O/c1-11(2)8-13-9-12(3)10-16(17(13)21)20-18-14-6-4-5-7-15(14)19-20/h4-7,9-10,21H,1,8H2,2-3H3/p+1. The third kappa shape index (κ3) is 2.52. The average Bonchev–Trinajstić information content (AvgIpc) is 2.85. The van der Waals surface area contributed by atoms with E-state index in [0.29, 0.717) is 12.1 Å². The van der Waals surface area contributed by atoms with E-state index < -0.39 is 0 Å². The Hall–Kier alpha value is -2.62. The SMILES string of the molecule is C=C(C)Cc1cc(C)cc(-n2nc3ccccc3[nH+]2)c1O. The highest BCUT2D eigenvalue weighted by molar-refractivity contribution is 5.70. The molecule has 0 amide bonds. The first-order valence-corrected chi connectivity index (χ1v) is 6.89. The minimum atomic E-state index is 0.243. The maximum atomic E-state index is 10.5. The third-order valence-corrected chi connectivity index (χ3v) is 3.37. The number of benzene rings is 2. The van der Waals surface area contributed by atoms with Crippen LogP contribution in [0.3, 0.4) is 0 Å². The van der Waals surface area contributed by atoms with E-state index in [9.17, 15) is 5.11 Å². The van der Waals surface area contributed by atoms with Crippen LogP contribution in [-0.2, 0) is 6.42 Å². The number of aryl methyl sites for hydroxylation is 1. The van der Waals surface area contributed by atoms with Crippen molar-refractivity contribution in [3.8, 4) is 11.4 Å². The molecule has 0 radical (unpaired) electrons. The molecule has 4 nitrogen and oxygen atoms in total. The van der Waals surface area contributed by atoms with Gasteiger partial charge in [-0.05, 0) is 48.8 Å². The Morgan fingerprint density at radius 3 is 2.81 bits per heavy atom. The molecule has 1 heterocycles. The quantitative estimate of drug-likeness (QED) is 0.750. The fraction of sp³-hybridized carbons (Fsp3) is 0.176. The van der Waals surface area contributed by atoms with Crippen molar-refractivity contribution in [1.82, 2.24) is 9.90 Å². The number of para-hydroxylation sites is 1. The maximum absolute atomic E-state index is 10.5. The van der Waals surface area contributed by atoms with Gasteiger partial charge in [0, 0.05) is 5.56 Å². The smallest absolute Gasteiger partial charge is 0.249 e. The molecule has 0 spiro atoms. The fourth-order valence-electron chi connectivity index (χ4n) is 2.47. The van der Waals surface area contributed by atoms with E-state index in [1.165, 1.54) is 0 Å². The monoisotopic (exact) mass is 280 g/mol. The normalized spacial score (nSPS) is 11.0. The number of aromatic nitrogens is 3. The molecule has 0 atom stereocenters. The number of hydrogen-bond acceptors (Lipinski definition) is 2. The van der Waals surface area contributed by atoms with Gasteiger partial charge in [0.25, 0.3) is 0 Å². The summed E-state index contributed by atoms with van der Waals surface area (Å²) in [7, 11) is 0. The number of nitrogens with one attached hydrogen (secondary N) is 1. The molecule has 106 valence electrons. The van der Waals surface area contributed by atoms with Gasteiger partial charge in [-0.2, -0.15) is 5.10 Å². The van der Waals surface area contributed by atoms with Crippen LogP contribution in [0.5, 0.6) is 5.75 Å². The lowest BCUT2D eigenvalue weighted by Gasteiger charge is -2.08. The topological polar surface area (TPSA) is 52.2 Å². The molecule has 0 aliphatic rings. The summed E-state index contributed by atoms with van der Waals surface area (Å²) in [4.78, 5) is 1.62. The Morgan fingerprint density at radius 2 is 2.10 bits per heavy atom. The van der Waals surface area contributed by atoms with Crippen molar-refractivity contribution in [2.75, 3.05) is 0 Å². The van der Waals surface area contributed by atoms with E-state index in [1.807, 2.05) is 50.2 Å². The Balaban J connectivity index is 2.17. The van der Waals surface area contributed by atoms with Gasteiger partial charge in [0.15, 0.2) is 17.0 Å². The van der Waals surface area contributed by atoms with Gasteiger partial charge < -0.3 is 5.11 Å². The number of aromatic amines is 1. The summed E-state index contributed by atoms with van der Waals surface area (Å²) in [6.07, 6.45) is 0.654. The molecule has 1 aromatic heterocycles. The Kier molecular flexibility index (Phi) is 3.22. The molecule has 3 rings (SSSR count). The molecular weight excluding hydrogens is 262 g/mol. The van der Waals surface area contributed by atoms with Crippen LogP contribution >= 0.6 is 0 Å². The lowest BCUT2D eigenvalue weighted by molar-refractivity contribution is -0.454. The van der Waals surface area contributed by atoms with Crippen LogP contribution in [0.25, 0.3) is 16.7 Å². The van der Waals surface area contributed by atoms with Crippen molar-refractivity contribution < 1.29 is 10.2 Å². The van der Waals surface area contributed by atoms with Gasteiger partial charge >= 0.3 is 0 Å². The number of phenolic OH excluding ortho intramolecular Hbond substituents is 1. The van der Waals surface area contributed by atoms with E-state index in [0.717, 1.165) is 27.7 Å². The first-order valence-electron chi connectivity index (χ1n) is 6.89. The van der Waals surface area contributed by atoms with Crippen molar-refractivity contribution in [2.24, 2.45) is 0 Å². The number of allylic oxidation sites excluding steroid dienone is 1. The van der Waals surface area contributed by atoms with Crippen molar-refractivity contribution in [3.05, 3.63) is 59.7 Å². The second kappa shape index (κ2) is 5.05. The van der Waals surface area contributed by atoms with Crippen molar-refractivity contribution in [3.63, 3.8) is 0 Å². The summed E-state index contributed by atoms with van der Waals surface area (Å²) in [5.41, 5.74) is 5.40. The Labute approximate surface area is 123 Å². The second-order valence-corrected chi connectivity index (χ2v) is 5.47. The van der Waals surface area contributed by atoms with Gasteiger partial charge in [-0.3, -0.25) is 0 Å². The van der Waals surface area contributed by atoms with Gasteiger partial charge in [-0.25, -0.2) is 0 Å². The molecular formula is C17H18N3O+. The zero-order valence-corrected chi connectivity index (χ0v) is 12.2. The van der Waals surface area contributed by atoms with Gasteiger partial charge in [0.1, 0.15) is 0 Å². The number of H-pyrrole nitrogens is 1. The Morgan fingerprint density at radius 1 is 1.33 bits per heavy atom. The first kappa shape index (κ1) is 13.4. The van der Waals surface area contributed by atoms with Crippen LogP contribution in [-0.4, -0.2) is 15.0 Å². The average molecular weight is 280 g/mol. The number of hydrogen-bond donors (Lipinski definition) is 1. The van der Waals surface area contributed by atoms with Gasteiger partial charge in [0.05, 0.1) is 5.10 Å². The predicted molar refractivity (Wildman–Crippen MR) is 82.5 cm³/mol. The highest BCUT2D eigenvalue weighted by Gasteiger charge is 2.18. The molecule has 0 aliphatic carbocycles. The van der Waals surface area contributed by atoms with E-state index in [2.05, 4.69) is 16.8 Å². The lowest BCUT2D eigenvalue weighted by Crippen LogP contribution is -2.18. The summed E-state index contributed by atoms with van der Waals surface area (Å²) < 4.78 is 0. The minimum Gasteiger partial charge on any atom is -0.505 e. The summed E-state index contributed by atoms with van der Waals surface area (Å²) >= 11 is 0. The number of nitrogens with zero attached hydrogens (tertiary/aromatic N) is 2. The van der Waals surface area contributed by atoms with Crippen LogP contribution < -0.4 is 5.10 Å². The number of phenols is 1. The van der Waals surface area contributed by atoms with E-state index in [1.54, 1.807) is 4.80 Å². The number of aromatic hydroxyl groups is 1. The van der Waals surface area contributed by atoms with Crippen LogP contribution in [0.4, 0.5) is 0 Å². The molecule has 0 bridgehead atoms. The van der Waals surface area contributed by atoms with Crippen molar-refractivity contribution >= 4 is 11.0 Å². The number of rotatable bonds is 3. The van der Waals surface area contributed by atoms with Crippen LogP contribution in [0.1, 0.15) is 18.1 Å². The fourth-order valence-corrected chi connectivity index (χ4v) is 2.47.